The minimum atomic E-state index is -4.80. The Kier molecular flexibility index (Phi) is 5.14. The first-order valence-electron chi connectivity index (χ1n) is 9.32. The molecule has 1 aromatic heterocycles. The molecular formula is C21H17F3N4O3. The molecule has 3 aromatic rings. The fourth-order valence-corrected chi connectivity index (χ4v) is 3.38. The van der Waals surface area contributed by atoms with Gasteiger partial charge in [-0.25, -0.2) is 4.68 Å². The van der Waals surface area contributed by atoms with Crippen LogP contribution >= 0.6 is 0 Å². The molecular weight excluding hydrogens is 413 g/mol. The van der Waals surface area contributed by atoms with Gasteiger partial charge in [0.15, 0.2) is 0 Å². The first-order chi connectivity index (χ1) is 14.7. The highest BCUT2D eigenvalue weighted by molar-refractivity contribution is 6.02. The molecule has 1 atom stereocenters. The smallest absolute Gasteiger partial charge is 0.406 e. The largest absolute Gasteiger partial charge is 0.573 e. The maximum Gasteiger partial charge on any atom is 0.573 e. The summed E-state index contributed by atoms with van der Waals surface area (Å²) in [5.41, 5.74) is 2.48. The van der Waals surface area contributed by atoms with Crippen molar-refractivity contribution in [2.24, 2.45) is 0 Å². The number of carbonyl (C=O) groups excluding carboxylic acids is 2. The summed E-state index contributed by atoms with van der Waals surface area (Å²) in [5.74, 6) is -0.809. The lowest BCUT2D eigenvalue weighted by atomic mass is 10.1. The zero-order valence-electron chi connectivity index (χ0n) is 16.2. The third-order valence-electron chi connectivity index (χ3n) is 4.78. The van der Waals surface area contributed by atoms with Gasteiger partial charge in [0.25, 0.3) is 0 Å². The quantitative estimate of drug-likeness (QED) is 0.647. The number of fused-ring (bicyclic) bond motifs is 1. The molecule has 2 aromatic carbocycles. The summed E-state index contributed by atoms with van der Waals surface area (Å²) in [6.45, 7) is 1.81. The van der Waals surface area contributed by atoms with Crippen molar-refractivity contribution >= 4 is 23.3 Å². The van der Waals surface area contributed by atoms with Crippen LogP contribution in [-0.4, -0.2) is 28.0 Å². The SMILES string of the molecule is Cc1c(-c2ccccc2)nn2c1NC(=O)C[C@@H]2C(=O)Nc1ccc(OC(F)(F)F)cc1. The van der Waals surface area contributed by atoms with Gasteiger partial charge < -0.3 is 15.4 Å². The van der Waals surface area contributed by atoms with E-state index >= 15 is 0 Å². The first kappa shape index (κ1) is 20.5. The number of alkyl halides is 3. The maximum atomic E-state index is 12.9. The van der Waals surface area contributed by atoms with Crippen molar-refractivity contribution < 1.29 is 27.5 Å². The molecule has 0 saturated heterocycles. The van der Waals surface area contributed by atoms with E-state index in [-0.39, 0.29) is 18.0 Å². The standard InChI is InChI=1S/C21H17F3N4O3/c1-12-18(13-5-3-2-4-6-13)27-28-16(11-17(29)26-19(12)28)20(30)25-14-7-9-15(10-8-14)31-21(22,23)24/h2-10,16H,11H2,1H3,(H,25,30)(H,26,29)/t16-/m1/s1. The fourth-order valence-electron chi connectivity index (χ4n) is 3.38. The molecule has 0 spiro atoms. The average Bonchev–Trinajstić information content (AvgIpc) is 3.05. The van der Waals surface area contributed by atoms with Gasteiger partial charge in [-0.1, -0.05) is 30.3 Å². The number of rotatable bonds is 4. The number of hydrogen-bond acceptors (Lipinski definition) is 4. The van der Waals surface area contributed by atoms with Crippen molar-refractivity contribution in [2.75, 3.05) is 10.6 Å². The lowest BCUT2D eigenvalue weighted by Crippen LogP contribution is -2.35. The third kappa shape index (κ3) is 4.37. The number of nitrogens with zero attached hydrogens (tertiary/aromatic N) is 2. The van der Waals surface area contributed by atoms with Crippen LogP contribution in [0.5, 0.6) is 5.75 Å². The summed E-state index contributed by atoms with van der Waals surface area (Å²) in [6, 6.07) is 13.2. The van der Waals surface area contributed by atoms with E-state index in [0.29, 0.717) is 11.5 Å². The van der Waals surface area contributed by atoms with Crippen molar-refractivity contribution in [3.63, 3.8) is 0 Å². The molecule has 2 amide bonds. The van der Waals surface area contributed by atoms with Crippen LogP contribution < -0.4 is 15.4 Å². The van der Waals surface area contributed by atoms with Crippen molar-refractivity contribution in [1.82, 2.24) is 9.78 Å². The van der Waals surface area contributed by atoms with Crippen LogP contribution in [0.15, 0.2) is 54.6 Å². The molecule has 0 radical (unpaired) electrons. The van der Waals surface area contributed by atoms with E-state index in [0.717, 1.165) is 23.3 Å². The van der Waals surface area contributed by atoms with Crippen molar-refractivity contribution in [1.29, 1.82) is 0 Å². The summed E-state index contributed by atoms with van der Waals surface area (Å²) < 4.78 is 42.2. The predicted octanol–water partition coefficient (Wildman–Crippen LogP) is 4.28. The number of carbonyl (C=O) groups is 2. The van der Waals surface area contributed by atoms with Crippen LogP contribution in [0, 0.1) is 6.92 Å². The first-order valence-corrected chi connectivity index (χ1v) is 9.32. The van der Waals surface area contributed by atoms with Crippen LogP contribution in [0.4, 0.5) is 24.7 Å². The van der Waals surface area contributed by atoms with Gasteiger partial charge >= 0.3 is 6.36 Å². The summed E-state index contributed by atoms with van der Waals surface area (Å²) in [5, 5.41) is 9.92. The Morgan fingerprint density at radius 2 is 1.84 bits per heavy atom. The molecule has 31 heavy (non-hydrogen) atoms. The highest BCUT2D eigenvalue weighted by Crippen LogP contribution is 2.34. The molecule has 160 valence electrons. The van der Waals surface area contributed by atoms with Gasteiger partial charge in [0.1, 0.15) is 17.6 Å². The summed E-state index contributed by atoms with van der Waals surface area (Å²) in [4.78, 5) is 25.1. The number of halogens is 3. The highest BCUT2D eigenvalue weighted by atomic mass is 19.4. The fraction of sp³-hybridized carbons (Fsp3) is 0.190. The molecule has 2 N–H and O–H groups in total. The van der Waals surface area contributed by atoms with Gasteiger partial charge in [0.05, 0.1) is 12.1 Å². The van der Waals surface area contributed by atoms with Crippen LogP contribution in [0.2, 0.25) is 0 Å². The molecule has 1 aliphatic heterocycles. The van der Waals surface area contributed by atoms with Crippen LogP contribution in [0.3, 0.4) is 0 Å². The maximum absolute atomic E-state index is 12.9. The Morgan fingerprint density at radius 3 is 2.48 bits per heavy atom. The van der Waals surface area contributed by atoms with Gasteiger partial charge in [-0.15, -0.1) is 13.2 Å². The van der Waals surface area contributed by atoms with Crippen molar-refractivity contribution in [3.05, 3.63) is 60.2 Å². The number of aromatic nitrogens is 2. The Hall–Kier alpha value is -3.82. The number of benzene rings is 2. The topological polar surface area (TPSA) is 85.2 Å². The Balaban J connectivity index is 1.58. The summed E-state index contributed by atoms with van der Waals surface area (Å²) in [7, 11) is 0. The van der Waals surface area contributed by atoms with Crippen molar-refractivity contribution in [3.8, 4) is 17.0 Å². The lowest BCUT2D eigenvalue weighted by molar-refractivity contribution is -0.274. The number of ether oxygens (including phenoxy) is 1. The zero-order chi connectivity index (χ0) is 22.2. The Labute approximate surface area is 174 Å². The molecule has 2 heterocycles. The van der Waals surface area contributed by atoms with Gasteiger partial charge in [0, 0.05) is 16.8 Å². The number of anilines is 2. The monoisotopic (exact) mass is 430 g/mol. The molecule has 1 aliphatic rings. The Morgan fingerprint density at radius 1 is 1.16 bits per heavy atom. The highest BCUT2D eigenvalue weighted by Gasteiger charge is 2.34. The van der Waals surface area contributed by atoms with Gasteiger partial charge in [-0.3, -0.25) is 9.59 Å². The number of amides is 2. The average molecular weight is 430 g/mol. The number of nitrogens with one attached hydrogen (secondary N) is 2. The second-order valence-electron chi connectivity index (χ2n) is 6.96. The normalized spacial score (nSPS) is 15.7. The van der Waals surface area contributed by atoms with E-state index in [4.69, 9.17) is 0 Å². The minimum Gasteiger partial charge on any atom is -0.406 e. The van der Waals surface area contributed by atoms with Crippen molar-refractivity contribution in [2.45, 2.75) is 25.7 Å². The van der Waals surface area contributed by atoms with Gasteiger partial charge in [-0.2, -0.15) is 5.10 Å². The van der Waals surface area contributed by atoms with Gasteiger partial charge in [-0.05, 0) is 31.2 Å². The van der Waals surface area contributed by atoms with E-state index in [9.17, 15) is 22.8 Å². The molecule has 7 nitrogen and oxygen atoms in total. The molecule has 4 rings (SSSR count). The number of hydrogen-bond donors (Lipinski definition) is 2. The van der Waals surface area contributed by atoms with E-state index in [1.54, 1.807) is 6.92 Å². The van der Waals surface area contributed by atoms with Crippen LogP contribution in [0.1, 0.15) is 18.0 Å². The molecule has 0 saturated carbocycles. The zero-order valence-corrected chi connectivity index (χ0v) is 16.2. The minimum absolute atomic E-state index is 0.122. The third-order valence-corrected chi connectivity index (χ3v) is 4.78. The summed E-state index contributed by atoms with van der Waals surface area (Å²) in [6.07, 6.45) is -4.92. The molecule has 0 bridgehead atoms. The Bertz CT molecular complexity index is 1130. The molecule has 0 aliphatic carbocycles. The van der Waals surface area contributed by atoms with Crippen LogP contribution in [-0.2, 0) is 9.59 Å². The van der Waals surface area contributed by atoms with E-state index < -0.39 is 24.1 Å². The lowest BCUT2D eigenvalue weighted by Gasteiger charge is -2.24. The predicted molar refractivity (Wildman–Crippen MR) is 106 cm³/mol. The molecule has 10 heteroatoms. The molecule has 0 unspecified atom stereocenters. The second kappa shape index (κ2) is 7.78. The second-order valence-corrected chi connectivity index (χ2v) is 6.96. The van der Waals surface area contributed by atoms with E-state index in [2.05, 4.69) is 20.5 Å². The molecule has 0 fully saturated rings. The van der Waals surface area contributed by atoms with E-state index in [1.807, 2.05) is 30.3 Å². The van der Waals surface area contributed by atoms with Crippen LogP contribution in [0.25, 0.3) is 11.3 Å². The summed E-state index contributed by atoms with van der Waals surface area (Å²) >= 11 is 0. The van der Waals surface area contributed by atoms with E-state index in [1.165, 1.54) is 16.8 Å². The van der Waals surface area contributed by atoms with Gasteiger partial charge in [0.2, 0.25) is 11.8 Å².